The molecule has 2 heterocycles. The fraction of sp³-hybridized carbons (Fsp3) is 1.00. The van der Waals surface area contributed by atoms with Crippen molar-refractivity contribution in [3.63, 3.8) is 0 Å². The van der Waals surface area contributed by atoms with Crippen molar-refractivity contribution in [2.75, 3.05) is 25.9 Å². The number of fused-ring (bicyclic) bond motifs is 1. The van der Waals surface area contributed by atoms with Crippen molar-refractivity contribution in [3.8, 4) is 0 Å². The van der Waals surface area contributed by atoms with Gasteiger partial charge in [0.1, 0.15) is 0 Å². The Balaban J connectivity index is 1.88. The summed E-state index contributed by atoms with van der Waals surface area (Å²) in [4.78, 5) is 2.58. The van der Waals surface area contributed by atoms with Crippen LogP contribution in [0.4, 0.5) is 0 Å². The Morgan fingerprint density at radius 3 is 2.73 bits per heavy atom. The molecule has 0 aromatic rings. The minimum Gasteiger partial charge on any atom is -0.312 e. The summed E-state index contributed by atoms with van der Waals surface area (Å²) in [5.74, 6) is 0.963. The first-order valence-electron chi connectivity index (χ1n) is 4.31. The van der Waals surface area contributed by atoms with Crippen molar-refractivity contribution >= 4 is 11.8 Å². The van der Waals surface area contributed by atoms with E-state index in [1.165, 1.54) is 19.6 Å². The lowest BCUT2D eigenvalue weighted by atomic mass is 9.96. The molecule has 0 aromatic carbocycles. The first-order chi connectivity index (χ1) is 5.31. The van der Waals surface area contributed by atoms with Crippen LogP contribution in [-0.4, -0.2) is 42.2 Å². The number of hydrogen-bond acceptors (Lipinski definition) is 3. The van der Waals surface area contributed by atoms with Crippen LogP contribution in [0.25, 0.3) is 0 Å². The number of nitrogens with one attached hydrogen (secondary N) is 1. The second-order valence-corrected chi connectivity index (χ2v) is 4.72. The van der Waals surface area contributed by atoms with E-state index in [1.54, 1.807) is 0 Å². The number of hydrogen-bond donors (Lipinski definition) is 1. The molecule has 0 saturated carbocycles. The van der Waals surface area contributed by atoms with E-state index in [-0.39, 0.29) is 0 Å². The van der Waals surface area contributed by atoms with E-state index in [1.807, 2.05) is 11.8 Å². The van der Waals surface area contributed by atoms with Crippen molar-refractivity contribution in [2.45, 2.75) is 18.3 Å². The van der Waals surface area contributed by atoms with Gasteiger partial charge in [0.2, 0.25) is 0 Å². The van der Waals surface area contributed by atoms with Gasteiger partial charge in [0.15, 0.2) is 0 Å². The quantitative estimate of drug-likeness (QED) is 0.656. The van der Waals surface area contributed by atoms with E-state index in [0.29, 0.717) is 5.37 Å². The van der Waals surface area contributed by atoms with Crippen LogP contribution in [0.3, 0.4) is 0 Å². The highest BCUT2D eigenvalue weighted by molar-refractivity contribution is 7.99. The van der Waals surface area contributed by atoms with Crippen LogP contribution in [-0.2, 0) is 0 Å². The van der Waals surface area contributed by atoms with Crippen LogP contribution in [0.2, 0.25) is 0 Å². The summed E-state index contributed by atoms with van der Waals surface area (Å²) in [7, 11) is 0. The van der Waals surface area contributed by atoms with Crippen molar-refractivity contribution in [1.29, 1.82) is 0 Å². The van der Waals surface area contributed by atoms with Gasteiger partial charge < -0.3 is 5.32 Å². The lowest BCUT2D eigenvalue weighted by Crippen LogP contribution is -2.51. The molecule has 1 unspecified atom stereocenters. The maximum atomic E-state index is 3.47. The van der Waals surface area contributed by atoms with Gasteiger partial charge in [0.05, 0.1) is 5.37 Å². The zero-order valence-electron chi connectivity index (χ0n) is 7.21. The largest absolute Gasteiger partial charge is 0.312 e. The third-order valence-corrected chi connectivity index (χ3v) is 3.95. The highest BCUT2D eigenvalue weighted by Gasteiger charge is 2.40. The van der Waals surface area contributed by atoms with Gasteiger partial charge in [-0.05, 0) is 13.2 Å². The first-order valence-corrected chi connectivity index (χ1v) is 5.60. The monoisotopic (exact) mass is 172 g/mol. The Hall–Kier alpha value is 0.270. The second kappa shape index (κ2) is 2.96. The predicted molar refractivity (Wildman–Crippen MR) is 49.8 cm³/mol. The Kier molecular flexibility index (Phi) is 2.12. The Bertz CT molecular complexity index is 139. The molecule has 2 saturated heterocycles. The van der Waals surface area contributed by atoms with Gasteiger partial charge in [0.25, 0.3) is 0 Å². The third-order valence-electron chi connectivity index (χ3n) is 2.97. The van der Waals surface area contributed by atoms with E-state index in [9.17, 15) is 0 Å². The standard InChI is InChI=1S/C8H16N2S/c1-6(11-2)10-4-7-3-9-8(7)5-10/h6-9H,3-5H2,1-2H3/t6?,7-,8+/m1/s1. The normalized spacial score (nSPS) is 39.8. The molecule has 0 spiro atoms. The summed E-state index contributed by atoms with van der Waals surface area (Å²) in [5.41, 5.74) is 0. The minimum atomic E-state index is 0.711. The zero-order chi connectivity index (χ0) is 7.84. The van der Waals surface area contributed by atoms with Crippen LogP contribution in [0.15, 0.2) is 0 Å². The fourth-order valence-electron chi connectivity index (χ4n) is 1.93. The predicted octanol–water partition coefficient (Wildman–Crippen LogP) is 0.599. The van der Waals surface area contributed by atoms with E-state index < -0.39 is 0 Å². The summed E-state index contributed by atoms with van der Waals surface area (Å²) in [5, 5.41) is 4.18. The molecule has 64 valence electrons. The van der Waals surface area contributed by atoms with Gasteiger partial charge >= 0.3 is 0 Å². The molecule has 2 aliphatic rings. The molecule has 3 atom stereocenters. The molecule has 1 N–H and O–H groups in total. The minimum absolute atomic E-state index is 0.711. The third kappa shape index (κ3) is 1.30. The highest BCUT2D eigenvalue weighted by Crippen LogP contribution is 2.27. The number of rotatable bonds is 2. The average Bonchev–Trinajstić information content (AvgIpc) is 2.27. The van der Waals surface area contributed by atoms with Gasteiger partial charge in [0, 0.05) is 31.6 Å². The zero-order valence-corrected chi connectivity index (χ0v) is 8.03. The van der Waals surface area contributed by atoms with Crippen molar-refractivity contribution in [1.82, 2.24) is 10.2 Å². The molecule has 11 heavy (non-hydrogen) atoms. The molecular weight excluding hydrogens is 156 g/mol. The lowest BCUT2D eigenvalue weighted by Gasteiger charge is -2.30. The maximum Gasteiger partial charge on any atom is 0.0526 e. The molecule has 2 nitrogen and oxygen atoms in total. The first kappa shape index (κ1) is 7.90. The van der Waals surface area contributed by atoms with E-state index in [4.69, 9.17) is 0 Å². The van der Waals surface area contributed by atoms with Crippen molar-refractivity contribution in [3.05, 3.63) is 0 Å². The summed E-state index contributed by atoms with van der Waals surface area (Å²) >= 11 is 1.95. The molecule has 0 aliphatic carbocycles. The van der Waals surface area contributed by atoms with Crippen molar-refractivity contribution < 1.29 is 0 Å². The summed E-state index contributed by atoms with van der Waals surface area (Å²) in [6.45, 7) is 6.14. The van der Waals surface area contributed by atoms with Crippen molar-refractivity contribution in [2.24, 2.45) is 5.92 Å². The molecule has 0 amide bonds. The topological polar surface area (TPSA) is 15.3 Å². The number of thioether (sulfide) groups is 1. The van der Waals surface area contributed by atoms with Crippen LogP contribution < -0.4 is 5.32 Å². The molecule has 2 rings (SSSR count). The van der Waals surface area contributed by atoms with E-state index in [2.05, 4.69) is 23.4 Å². The summed E-state index contributed by atoms with van der Waals surface area (Å²) in [6, 6.07) is 0.824. The Morgan fingerprint density at radius 2 is 2.36 bits per heavy atom. The Morgan fingerprint density at radius 1 is 1.55 bits per heavy atom. The summed E-state index contributed by atoms with van der Waals surface area (Å²) in [6.07, 6.45) is 2.19. The molecule has 0 bridgehead atoms. The van der Waals surface area contributed by atoms with E-state index >= 15 is 0 Å². The van der Waals surface area contributed by atoms with Gasteiger partial charge in [-0.3, -0.25) is 4.90 Å². The highest BCUT2D eigenvalue weighted by atomic mass is 32.2. The second-order valence-electron chi connectivity index (χ2n) is 3.56. The maximum absolute atomic E-state index is 3.47. The smallest absolute Gasteiger partial charge is 0.0526 e. The van der Waals surface area contributed by atoms with Gasteiger partial charge in [-0.1, -0.05) is 0 Å². The average molecular weight is 172 g/mol. The van der Waals surface area contributed by atoms with Gasteiger partial charge in [-0.2, -0.15) is 0 Å². The number of nitrogens with zero attached hydrogens (tertiary/aromatic N) is 1. The van der Waals surface area contributed by atoms with Crippen LogP contribution in [0.1, 0.15) is 6.92 Å². The molecule has 2 fully saturated rings. The van der Waals surface area contributed by atoms with E-state index in [0.717, 1.165) is 12.0 Å². The van der Waals surface area contributed by atoms with Gasteiger partial charge in [-0.15, -0.1) is 11.8 Å². The van der Waals surface area contributed by atoms with Crippen LogP contribution in [0.5, 0.6) is 0 Å². The molecule has 2 aliphatic heterocycles. The summed E-state index contributed by atoms with van der Waals surface area (Å²) < 4.78 is 0. The lowest BCUT2D eigenvalue weighted by molar-refractivity contribution is 0.295. The number of likely N-dealkylation sites (tertiary alicyclic amines) is 1. The Labute approximate surface area is 72.7 Å². The van der Waals surface area contributed by atoms with Crippen LogP contribution >= 0.6 is 11.8 Å². The molecule has 0 radical (unpaired) electrons. The van der Waals surface area contributed by atoms with Crippen LogP contribution in [0, 0.1) is 5.92 Å². The van der Waals surface area contributed by atoms with Gasteiger partial charge in [-0.25, -0.2) is 0 Å². The molecule has 3 heteroatoms. The molecule has 0 aromatic heterocycles. The molecular formula is C8H16N2S. The fourth-order valence-corrected chi connectivity index (χ4v) is 2.40. The SMILES string of the molecule is CSC(C)N1C[C@H]2CN[C@H]2C1.